The van der Waals surface area contributed by atoms with E-state index in [9.17, 15) is 19.5 Å². The molecule has 2 atom stereocenters. The maximum absolute atomic E-state index is 14.2. The number of carboxylic acids is 1. The molecule has 0 saturated heterocycles. The number of methoxy groups -OCH3 is 1. The van der Waals surface area contributed by atoms with E-state index in [0.29, 0.717) is 59.4 Å². The zero-order chi connectivity index (χ0) is 36.8. The maximum Gasteiger partial charge on any atom is 0.326 e. The number of aliphatic carboxylic acids is 1. The predicted octanol–water partition coefficient (Wildman–Crippen LogP) is 8.40. The van der Waals surface area contributed by atoms with Gasteiger partial charge in [-0.05, 0) is 114 Å². The largest absolute Gasteiger partial charge is 0.497 e. The number of benzene rings is 4. The molecule has 9 nitrogen and oxygen atoms in total. The summed E-state index contributed by atoms with van der Waals surface area (Å²) >= 11 is 0. The zero-order valence-electron chi connectivity index (χ0n) is 30.4. The summed E-state index contributed by atoms with van der Waals surface area (Å²) in [5, 5.41) is 13.0. The van der Waals surface area contributed by atoms with Crippen LogP contribution in [0.3, 0.4) is 0 Å². The van der Waals surface area contributed by atoms with Gasteiger partial charge in [0.05, 0.1) is 7.11 Å². The summed E-state index contributed by atoms with van der Waals surface area (Å²) < 4.78 is 17.3. The van der Waals surface area contributed by atoms with Gasteiger partial charge in [0.2, 0.25) is 11.8 Å². The van der Waals surface area contributed by atoms with Gasteiger partial charge >= 0.3 is 5.97 Å². The Bertz CT molecular complexity index is 1860. The smallest absolute Gasteiger partial charge is 0.326 e. The van der Waals surface area contributed by atoms with E-state index >= 15 is 0 Å². The molecule has 6 rings (SSSR count). The van der Waals surface area contributed by atoms with Crippen molar-refractivity contribution in [2.24, 2.45) is 5.92 Å². The first-order chi connectivity index (χ1) is 25.0. The van der Waals surface area contributed by atoms with Crippen molar-refractivity contribution in [3.05, 3.63) is 113 Å². The Morgan fingerprint density at radius 3 is 1.96 bits per heavy atom. The molecule has 4 aromatic rings. The maximum atomic E-state index is 14.2. The molecule has 4 aromatic carbocycles. The van der Waals surface area contributed by atoms with Crippen LogP contribution in [0.4, 0.5) is 0 Å². The van der Waals surface area contributed by atoms with Crippen LogP contribution in [0.15, 0.2) is 91.0 Å². The fraction of sp³-hybridized carbons (Fsp3) is 0.372. The second-order valence-electron chi connectivity index (χ2n) is 14.9. The van der Waals surface area contributed by atoms with Crippen molar-refractivity contribution in [2.45, 2.75) is 83.2 Å². The Morgan fingerprint density at radius 1 is 0.808 bits per heavy atom. The molecule has 2 N–H and O–H groups in total. The molecule has 0 radical (unpaired) electrons. The highest BCUT2D eigenvalue weighted by molar-refractivity contribution is 5.92. The third-order valence-corrected chi connectivity index (χ3v) is 10.1. The van der Waals surface area contributed by atoms with Crippen molar-refractivity contribution in [3.63, 3.8) is 0 Å². The molecule has 2 amide bonds. The van der Waals surface area contributed by atoms with E-state index in [1.165, 1.54) is 5.56 Å². The topological polar surface area (TPSA) is 114 Å². The van der Waals surface area contributed by atoms with Crippen LogP contribution in [0.25, 0.3) is 0 Å². The van der Waals surface area contributed by atoms with Crippen molar-refractivity contribution in [2.75, 3.05) is 13.7 Å². The number of rotatable bonds is 12. The van der Waals surface area contributed by atoms with Gasteiger partial charge in [-0.15, -0.1) is 0 Å². The second kappa shape index (κ2) is 15.9. The van der Waals surface area contributed by atoms with E-state index in [4.69, 9.17) is 14.2 Å². The zero-order valence-corrected chi connectivity index (χ0v) is 30.4. The molecular weight excluding hydrogens is 656 g/mol. The molecule has 9 heteroatoms. The highest BCUT2D eigenvalue weighted by atomic mass is 16.5. The fourth-order valence-electron chi connectivity index (χ4n) is 7.12. The lowest BCUT2D eigenvalue weighted by Gasteiger charge is -2.37. The summed E-state index contributed by atoms with van der Waals surface area (Å²) in [7, 11) is 1.60. The molecule has 272 valence electrons. The van der Waals surface area contributed by atoms with Gasteiger partial charge in [0.25, 0.3) is 0 Å². The first kappa shape index (κ1) is 36.5. The Labute approximate surface area is 305 Å². The van der Waals surface area contributed by atoms with Crippen LogP contribution in [0, 0.1) is 5.92 Å². The van der Waals surface area contributed by atoms with Gasteiger partial charge in [-0.3, -0.25) is 9.59 Å². The Kier molecular flexibility index (Phi) is 11.2. The predicted molar refractivity (Wildman–Crippen MR) is 199 cm³/mol. The van der Waals surface area contributed by atoms with Crippen LogP contribution in [-0.4, -0.2) is 47.5 Å². The number of nitrogens with zero attached hydrogens (tertiary/aromatic N) is 1. The first-order valence-corrected chi connectivity index (χ1v) is 18.1. The van der Waals surface area contributed by atoms with E-state index in [-0.39, 0.29) is 17.7 Å². The molecule has 1 saturated carbocycles. The normalized spacial score (nSPS) is 16.5. The number of carbonyl (C=O) groups excluding carboxylic acids is 2. The van der Waals surface area contributed by atoms with E-state index in [0.717, 1.165) is 37.0 Å². The third-order valence-electron chi connectivity index (χ3n) is 10.1. The number of fused-ring (bicyclic) bond motifs is 1. The van der Waals surface area contributed by atoms with Crippen LogP contribution < -0.4 is 19.5 Å². The average Bonchev–Trinajstić information content (AvgIpc) is 3.64. The quantitative estimate of drug-likeness (QED) is 0.152. The molecule has 1 heterocycles. The van der Waals surface area contributed by atoms with E-state index < -0.39 is 24.0 Å². The van der Waals surface area contributed by atoms with Crippen LogP contribution in [0.1, 0.15) is 81.2 Å². The van der Waals surface area contributed by atoms with Gasteiger partial charge in [0.15, 0.2) is 0 Å². The molecule has 0 spiro atoms. The monoisotopic (exact) mass is 704 g/mol. The summed E-state index contributed by atoms with van der Waals surface area (Å²) in [5.41, 5.74) is 3.53. The number of carbonyl (C=O) groups is 3. The van der Waals surface area contributed by atoms with Crippen LogP contribution in [0.2, 0.25) is 0 Å². The lowest BCUT2D eigenvalue weighted by Crippen LogP contribution is -2.51. The number of hydrogen-bond acceptors (Lipinski definition) is 6. The SMILES string of the molecule is COc1ccc(Oc2ccc(C[C@H](NC(=O)C3c4ccc(Oc5ccc(C(C)(C)C)cc5)cc4CCN3C(=O)CC3CCCC3)C(=O)O)cc2)cc1. The molecule has 2 aliphatic rings. The number of nitrogens with one attached hydrogen (secondary N) is 1. The lowest BCUT2D eigenvalue weighted by molar-refractivity contribution is -0.145. The highest BCUT2D eigenvalue weighted by Gasteiger charge is 2.38. The summed E-state index contributed by atoms with van der Waals surface area (Å²) in [6.45, 7) is 6.85. The summed E-state index contributed by atoms with van der Waals surface area (Å²) in [5.74, 6) is 1.85. The van der Waals surface area contributed by atoms with Gasteiger partial charge in [-0.1, -0.05) is 63.9 Å². The number of carboxylic acid groups (broad SMARTS) is 1. The Hall–Kier alpha value is -5.31. The van der Waals surface area contributed by atoms with Gasteiger partial charge in [0.1, 0.15) is 40.8 Å². The lowest BCUT2D eigenvalue weighted by atomic mass is 9.87. The van der Waals surface area contributed by atoms with Gasteiger partial charge < -0.3 is 29.5 Å². The second-order valence-corrected chi connectivity index (χ2v) is 14.9. The highest BCUT2D eigenvalue weighted by Crippen LogP contribution is 2.37. The van der Waals surface area contributed by atoms with E-state index in [2.05, 4.69) is 38.2 Å². The van der Waals surface area contributed by atoms with Crippen molar-refractivity contribution in [1.82, 2.24) is 10.2 Å². The van der Waals surface area contributed by atoms with Gasteiger partial charge in [0, 0.05) is 19.4 Å². The third kappa shape index (κ3) is 8.94. The molecule has 0 bridgehead atoms. The minimum atomic E-state index is -1.21. The molecule has 1 aliphatic carbocycles. The van der Waals surface area contributed by atoms with Crippen LogP contribution >= 0.6 is 0 Å². The molecule has 0 aromatic heterocycles. The molecule has 52 heavy (non-hydrogen) atoms. The Morgan fingerprint density at radius 2 is 1.37 bits per heavy atom. The number of amides is 2. The van der Waals surface area contributed by atoms with Crippen molar-refractivity contribution in [3.8, 4) is 28.7 Å². The van der Waals surface area contributed by atoms with Gasteiger partial charge in [-0.25, -0.2) is 4.79 Å². The van der Waals surface area contributed by atoms with Crippen molar-refractivity contribution >= 4 is 17.8 Å². The van der Waals surface area contributed by atoms with Crippen molar-refractivity contribution in [1.29, 1.82) is 0 Å². The minimum absolute atomic E-state index is 0.0264. The molecule has 1 aliphatic heterocycles. The average molecular weight is 705 g/mol. The van der Waals surface area contributed by atoms with E-state index in [1.807, 2.05) is 30.3 Å². The standard InChI is InChI=1S/C43H48N2O7/c1-43(2,3)31-11-15-34(16-12-31)52-36-21-22-37-30(27-36)23-24-45(39(46)26-28-7-5-6-8-28)40(37)41(47)44-38(42(48)49)25-29-9-13-33(14-10-29)51-35-19-17-32(50-4)18-20-35/h9-22,27-28,38,40H,5-8,23-26H2,1-4H3,(H,44,47)(H,48,49)/t38-,40?/m0/s1. The first-order valence-electron chi connectivity index (χ1n) is 18.1. The van der Waals surface area contributed by atoms with Crippen LogP contribution in [-0.2, 0) is 32.6 Å². The minimum Gasteiger partial charge on any atom is -0.497 e. The summed E-state index contributed by atoms with van der Waals surface area (Å²) in [4.78, 5) is 42.1. The summed E-state index contributed by atoms with van der Waals surface area (Å²) in [6, 6.07) is 25.7. The number of ether oxygens (including phenoxy) is 3. The number of hydrogen-bond donors (Lipinski definition) is 2. The molecular formula is C43H48N2O7. The molecule has 1 unspecified atom stereocenters. The van der Waals surface area contributed by atoms with Crippen LogP contribution in [0.5, 0.6) is 28.7 Å². The Balaban J connectivity index is 1.19. The summed E-state index contributed by atoms with van der Waals surface area (Å²) in [6.07, 6.45) is 5.24. The van der Waals surface area contributed by atoms with Gasteiger partial charge in [-0.2, -0.15) is 0 Å². The van der Waals surface area contributed by atoms with E-state index in [1.54, 1.807) is 60.5 Å². The molecule has 1 fully saturated rings. The fourth-order valence-corrected chi connectivity index (χ4v) is 7.12. The van der Waals surface area contributed by atoms with Crippen molar-refractivity contribution < 1.29 is 33.7 Å².